The summed E-state index contributed by atoms with van der Waals surface area (Å²) in [7, 11) is 0. The molecule has 174 valence electrons. The van der Waals surface area contributed by atoms with Gasteiger partial charge in [0.15, 0.2) is 5.82 Å². The molecule has 3 aromatic rings. The smallest absolute Gasteiger partial charge is 0.329 e. The van der Waals surface area contributed by atoms with E-state index in [-0.39, 0.29) is 18.6 Å². The van der Waals surface area contributed by atoms with Crippen molar-refractivity contribution in [2.24, 2.45) is 0 Å². The number of fused-ring (bicyclic) bond motifs is 1. The molecule has 2 aliphatic heterocycles. The van der Waals surface area contributed by atoms with Crippen molar-refractivity contribution in [2.45, 2.75) is 38.5 Å². The number of anilines is 1. The molecular weight excluding hydrogens is 427 g/mol. The van der Waals surface area contributed by atoms with Crippen molar-refractivity contribution in [3.8, 4) is 5.82 Å². The number of rotatable bonds is 6. The molecule has 2 aromatic heterocycles. The zero-order valence-electron chi connectivity index (χ0n) is 18.7. The molecule has 0 radical (unpaired) electrons. The summed E-state index contributed by atoms with van der Waals surface area (Å²) >= 11 is 0. The van der Waals surface area contributed by atoms with Gasteiger partial charge in [-0.2, -0.15) is 5.10 Å². The number of carboxylic acids is 1. The highest BCUT2D eigenvalue weighted by molar-refractivity contribution is 5.82. The first-order valence-electron chi connectivity index (χ1n) is 11.2. The van der Waals surface area contributed by atoms with Crippen LogP contribution in [0.3, 0.4) is 0 Å². The number of nitrogens with zero attached hydrogens (tertiary/aromatic N) is 5. The number of aliphatic carboxylic acids is 1. The first-order chi connectivity index (χ1) is 15.9. The minimum Gasteiger partial charge on any atom is -0.480 e. The monoisotopic (exact) mass is 454 g/mol. The molecule has 5 rings (SSSR count). The molecule has 4 heterocycles. The van der Waals surface area contributed by atoms with Crippen LogP contribution in [0.15, 0.2) is 24.4 Å². The second-order valence-corrected chi connectivity index (χ2v) is 8.80. The molecule has 1 aromatic carbocycles. The van der Waals surface area contributed by atoms with E-state index in [0.717, 1.165) is 40.8 Å². The van der Waals surface area contributed by atoms with Crippen molar-refractivity contribution in [2.75, 3.05) is 37.7 Å². The van der Waals surface area contributed by atoms with Gasteiger partial charge in [-0.25, -0.2) is 23.8 Å². The van der Waals surface area contributed by atoms with E-state index in [1.54, 1.807) is 10.9 Å². The molecule has 2 aliphatic rings. The number of piperidine rings is 1. The molecule has 33 heavy (non-hydrogen) atoms. The van der Waals surface area contributed by atoms with Gasteiger partial charge in [-0.15, -0.1) is 0 Å². The van der Waals surface area contributed by atoms with E-state index < -0.39 is 12.1 Å². The van der Waals surface area contributed by atoms with E-state index in [1.165, 1.54) is 0 Å². The SMILES string of the molecule is Cc1nc(N2CC(OCC(=O)O)C2)cc(-n2ncc3cc(C)c(C4CCNCC4F)cc32)n1. The van der Waals surface area contributed by atoms with Crippen molar-refractivity contribution in [1.82, 2.24) is 25.1 Å². The Morgan fingerprint density at radius 1 is 1.24 bits per heavy atom. The number of nitrogens with one attached hydrogen (secondary N) is 1. The van der Waals surface area contributed by atoms with E-state index in [1.807, 2.05) is 24.8 Å². The van der Waals surface area contributed by atoms with Crippen molar-refractivity contribution in [3.63, 3.8) is 0 Å². The van der Waals surface area contributed by atoms with E-state index in [4.69, 9.17) is 9.84 Å². The molecule has 2 fully saturated rings. The number of halogens is 1. The van der Waals surface area contributed by atoms with E-state index in [2.05, 4.69) is 32.5 Å². The fraction of sp³-hybridized carbons (Fsp3) is 0.478. The molecule has 0 saturated carbocycles. The Morgan fingerprint density at radius 3 is 2.79 bits per heavy atom. The molecular formula is C23H27FN6O3. The van der Waals surface area contributed by atoms with Crippen LogP contribution in [-0.4, -0.2) is 75.9 Å². The normalized spacial score (nSPS) is 21.4. The Kier molecular flexibility index (Phi) is 5.71. The molecule has 2 unspecified atom stereocenters. The van der Waals surface area contributed by atoms with Crippen LogP contribution in [0.4, 0.5) is 10.2 Å². The fourth-order valence-corrected chi connectivity index (χ4v) is 4.68. The number of aryl methyl sites for hydroxylation is 2. The van der Waals surface area contributed by atoms with Gasteiger partial charge in [0.1, 0.15) is 24.4 Å². The summed E-state index contributed by atoms with van der Waals surface area (Å²) in [6.45, 7) is 5.88. The van der Waals surface area contributed by atoms with Gasteiger partial charge in [0, 0.05) is 37.0 Å². The Hall–Kier alpha value is -3.11. The van der Waals surface area contributed by atoms with Crippen LogP contribution in [0.5, 0.6) is 0 Å². The summed E-state index contributed by atoms with van der Waals surface area (Å²) in [5.74, 6) is 0.878. The number of alkyl halides is 1. The first-order valence-corrected chi connectivity index (χ1v) is 11.2. The van der Waals surface area contributed by atoms with Crippen molar-refractivity contribution < 1.29 is 19.0 Å². The zero-order chi connectivity index (χ0) is 23.1. The third-order valence-corrected chi connectivity index (χ3v) is 6.41. The average Bonchev–Trinajstić information content (AvgIpc) is 3.14. The van der Waals surface area contributed by atoms with Gasteiger partial charge >= 0.3 is 5.97 Å². The molecule has 2 atom stereocenters. The maximum absolute atomic E-state index is 14.7. The third-order valence-electron chi connectivity index (χ3n) is 6.41. The number of ether oxygens (including phenoxy) is 1. The largest absolute Gasteiger partial charge is 0.480 e. The second kappa shape index (κ2) is 8.68. The highest BCUT2D eigenvalue weighted by atomic mass is 19.1. The van der Waals surface area contributed by atoms with Crippen LogP contribution in [0.1, 0.15) is 29.3 Å². The van der Waals surface area contributed by atoms with Crippen molar-refractivity contribution >= 4 is 22.7 Å². The van der Waals surface area contributed by atoms with Gasteiger partial charge in [-0.3, -0.25) is 0 Å². The predicted molar refractivity (Wildman–Crippen MR) is 121 cm³/mol. The topological polar surface area (TPSA) is 105 Å². The molecule has 0 bridgehead atoms. The van der Waals surface area contributed by atoms with Gasteiger partial charge in [-0.1, -0.05) is 0 Å². The Balaban J connectivity index is 1.44. The number of carboxylic acid groups (broad SMARTS) is 1. The van der Waals surface area contributed by atoms with Gasteiger partial charge in [0.2, 0.25) is 0 Å². The van der Waals surface area contributed by atoms with E-state index in [9.17, 15) is 9.18 Å². The summed E-state index contributed by atoms with van der Waals surface area (Å²) in [6.07, 6.45) is 1.52. The Morgan fingerprint density at radius 2 is 2.03 bits per heavy atom. The van der Waals surface area contributed by atoms with Crippen LogP contribution >= 0.6 is 0 Å². The first kappa shape index (κ1) is 21.7. The zero-order valence-corrected chi connectivity index (χ0v) is 18.7. The minimum absolute atomic E-state index is 0.130. The molecule has 0 spiro atoms. The molecule has 10 heteroatoms. The number of aromatic nitrogens is 4. The maximum Gasteiger partial charge on any atom is 0.329 e. The fourth-order valence-electron chi connectivity index (χ4n) is 4.68. The number of hydrogen-bond acceptors (Lipinski definition) is 7. The summed E-state index contributed by atoms with van der Waals surface area (Å²) in [6, 6.07) is 5.99. The Bertz CT molecular complexity index is 1190. The number of carbonyl (C=O) groups is 1. The predicted octanol–water partition coefficient (Wildman–Crippen LogP) is 2.14. The third kappa shape index (κ3) is 4.28. The lowest BCUT2D eigenvalue weighted by Gasteiger charge is -2.39. The van der Waals surface area contributed by atoms with Crippen LogP contribution < -0.4 is 10.2 Å². The molecule has 2 saturated heterocycles. The van der Waals surface area contributed by atoms with Crippen LogP contribution in [0.2, 0.25) is 0 Å². The highest BCUT2D eigenvalue weighted by Gasteiger charge is 2.30. The van der Waals surface area contributed by atoms with Gasteiger partial charge in [0.25, 0.3) is 0 Å². The average molecular weight is 455 g/mol. The number of hydrogen-bond donors (Lipinski definition) is 2. The van der Waals surface area contributed by atoms with Crippen LogP contribution in [0.25, 0.3) is 16.7 Å². The van der Waals surface area contributed by atoms with Crippen LogP contribution in [-0.2, 0) is 9.53 Å². The summed E-state index contributed by atoms with van der Waals surface area (Å²) in [5.41, 5.74) is 2.98. The summed E-state index contributed by atoms with van der Waals surface area (Å²) < 4.78 is 21.8. The molecule has 2 N–H and O–H groups in total. The lowest BCUT2D eigenvalue weighted by Crippen LogP contribution is -2.53. The van der Waals surface area contributed by atoms with Crippen LogP contribution in [0, 0.1) is 13.8 Å². The summed E-state index contributed by atoms with van der Waals surface area (Å²) in [5, 5.41) is 17.4. The number of benzene rings is 1. The van der Waals surface area contributed by atoms with E-state index in [0.29, 0.717) is 31.3 Å². The maximum atomic E-state index is 14.7. The summed E-state index contributed by atoms with van der Waals surface area (Å²) in [4.78, 5) is 21.8. The highest BCUT2D eigenvalue weighted by Crippen LogP contribution is 2.33. The van der Waals surface area contributed by atoms with Gasteiger partial charge < -0.3 is 20.1 Å². The second-order valence-electron chi connectivity index (χ2n) is 8.80. The Labute approximate surface area is 190 Å². The van der Waals surface area contributed by atoms with Crippen molar-refractivity contribution in [1.29, 1.82) is 0 Å². The van der Waals surface area contributed by atoms with Crippen molar-refractivity contribution in [3.05, 3.63) is 41.3 Å². The standard InChI is InChI=1S/C23H27FN6O3/c1-13-5-15-8-26-30(20(15)6-18(13)17-3-4-25-9-19(17)24)22-7-21(27-14(2)28-22)29-10-16(11-29)33-12-23(31)32/h5-8,16-17,19,25H,3-4,9-12H2,1-2H3,(H,31,32). The lowest BCUT2D eigenvalue weighted by molar-refractivity contribution is -0.144. The quantitative estimate of drug-likeness (QED) is 0.584. The lowest BCUT2D eigenvalue weighted by atomic mass is 9.85. The molecule has 0 amide bonds. The van der Waals surface area contributed by atoms with Gasteiger partial charge in [0.05, 0.1) is 17.8 Å². The van der Waals surface area contributed by atoms with Gasteiger partial charge in [-0.05, 0) is 50.1 Å². The molecule has 0 aliphatic carbocycles. The molecule has 9 nitrogen and oxygen atoms in total. The van der Waals surface area contributed by atoms with E-state index >= 15 is 0 Å². The minimum atomic E-state index is -0.975.